The maximum absolute atomic E-state index is 13.3. The third-order valence-corrected chi connectivity index (χ3v) is 6.47. The Morgan fingerprint density at radius 2 is 1.75 bits per heavy atom. The van der Waals surface area contributed by atoms with Crippen LogP contribution in [-0.4, -0.2) is 42.3 Å². The number of amides is 3. The highest BCUT2D eigenvalue weighted by Crippen LogP contribution is 2.29. The highest BCUT2D eigenvalue weighted by atomic mass is 35.5. The molecule has 2 aromatic rings. The van der Waals surface area contributed by atoms with E-state index in [0.29, 0.717) is 38.2 Å². The Balaban J connectivity index is 1.30. The van der Waals surface area contributed by atoms with Gasteiger partial charge in [-0.3, -0.25) is 14.4 Å². The molecular formula is C24H25ClFN3O3. The number of nitrogens with zero attached hydrogens (tertiary/aromatic N) is 2. The van der Waals surface area contributed by atoms with Crippen molar-refractivity contribution in [2.75, 3.05) is 29.9 Å². The highest BCUT2D eigenvalue weighted by molar-refractivity contribution is 6.31. The number of hydrogen-bond acceptors (Lipinski definition) is 3. The minimum absolute atomic E-state index is 0.0304. The zero-order valence-corrected chi connectivity index (χ0v) is 18.6. The fourth-order valence-electron chi connectivity index (χ4n) is 4.29. The van der Waals surface area contributed by atoms with Crippen molar-refractivity contribution in [1.82, 2.24) is 4.90 Å². The van der Waals surface area contributed by atoms with Crippen molar-refractivity contribution < 1.29 is 18.8 Å². The number of rotatable bonds is 4. The maximum Gasteiger partial charge on any atom is 0.228 e. The molecule has 0 aromatic heterocycles. The van der Waals surface area contributed by atoms with Crippen LogP contribution in [-0.2, 0) is 14.4 Å². The monoisotopic (exact) mass is 457 g/mol. The lowest BCUT2D eigenvalue weighted by Crippen LogP contribution is -2.44. The molecule has 1 N–H and O–H groups in total. The van der Waals surface area contributed by atoms with Gasteiger partial charge in [0.15, 0.2) is 0 Å². The molecule has 2 aromatic carbocycles. The van der Waals surface area contributed by atoms with Crippen molar-refractivity contribution in [1.29, 1.82) is 0 Å². The Morgan fingerprint density at radius 1 is 1.06 bits per heavy atom. The minimum atomic E-state index is -0.539. The van der Waals surface area contributed by atoms with E-state index in [2.05, 4.69) is 5.32 Å². The summed E-state index contributed by atoms with van der Waals surface area (Å²) in [5.74, 6) is -1.38. The molecule has 1 unspecified atom stereocenters. The van der Waals surface area contributed by atoms with Gasteiger partial charge in [-0.1, -0.05) is 29.3 Å². The molecule has 6 nitrogen and oxygen atoms in total. The van der Waals surface area contributed by atoms with E-state index in [9.17, 15) is 18.8 Å². The van der Waals surface area contributed by atoms with E-state index in [-0.39, 0.29) is 41.0 Å². The summed E-state index contributed by atoms with van der Waals surface area (Å²) in [6.45, 7) is 3.31. The number of carbonyl (C=O) groups is 3. The molecule has 2 heterocycles. The van der Waals surface area contributed by atoms with Gasteiger partial charge in [0.05, 0.1) is 10.9 Å². The van der Waals surface area contributed by atoms with Crippen LogP contribution in [0.5, 0.6) is 0 Å². The molecule has 2 aliphatic heterocycles. The predicted molar refractivity (Wildman–Crippen MR) is 121 cm³/mol. The van der Waals surface area contributed by atoms with Crippen LogP contribution in [0.25, 0.3) is 0 Å². The summed E-state index contributed by atoms with van der Waals surface area (Å²) >= 11 is 5.77. The first kappa shape index (κ1) is 22.3. The second-order valence-corrected chi connectivity index (χ2v) is 8.87. The fourth-order valence-corrected chi connectivity index (χ4v) is 4.47. The average molecular weight is 458 g/mol. The van der Waals surface area contributed by atoms with Crippen molar-refractivity contribution in [3.05, 3.63) is 58.9 Å². The van der Waals surface area contributed by atoms with Crippen molar-refractivity contribution in [2.24, 2.45) is 11.8 Å². The molecule has 0 bridgehead atoms. The minimum Gasteiger partial charge on any atom is -0.342 e. The number of hydrogen-bond donors (Lipinski definition) is 1. The smallest absolute Gasteiger partial charge is 0.228 e. The van der Waals surface area contributed by atoms with Gasteiger partial charge in [-0.15, -0.1) is 0 Å². The SMILES string of the molecule is Cc1ccc(N2CC(C(=O)N3CCC(C(=O)Nc4ccc(F)c(Cl)c4)CC3)CC2=O)cc1. The van der Waals surface area contributed by atoms with Gasteiger partial charge >= 0.3 is 0 Å². The van der Waals surface area contributed by atoms with E-state index in [4.69, 9.17) is 11.6 Å². The third-order valence-electron chi connectivity index (χ3n) is 6.18. The molecule has 168 valence electrons. The number of anilines is 2. The highest BCUT2D eigenvalue weighted by Gasteiger charge is 2.38. The van der Waals surface area contributed by atoms with Crippen molar-refractivity contribution in [2.45, 2.75) is 26.2 Å². The summed E-state index contributed by atoms with van der Waals surface area (Å²) in [4.78, 5) is 41.5. The van der Waals surface area contributed by atoms with E-state index >= 15 is 0 Å². The molecule has 1 atom stereocenters. The zero-order valence-electron chi connectivity index (χ0n) is 17.8. The molecule has 32 heavy (non-hydrogen) atoms. The number of nitrogens with one attached hydrogen (secondary N) is 1. The van der Waals surface area contributed by atoms with E-state index in [1.807, 2.05) is 31.2 Å². The molecule has 8 heteroatoms. The lowest BCUT2D eigenvalue weighted by Gasteiger charge is -2.33. The maximum atomic E-state index is 13.3. The molecule has 0 aliphatic carbocycles. The summed E-state index contributed by atoms with van der Waals surface area (Å²) < 4.78 is 13.3. The van der Waals surface area contributed by atoms with Crippen LogP contribution in [0.1, 0.15) is 24.8 Å². The van der Waals surface area contributed by atoms with Gasteiger partial charge in [-0.2, -0.15) is 0 Å². The van der Waals surface area contributed by atoms with Crippen LogP contribution in [0.2, 0.25) is 5.02 Å². The van der Waals surface area contributed by atoms with Crippen molar-refractivity contribution in [3.8, 4) is 0 Å². The number of aryl methyl sites for hydroxylation is 1. The first-order chi connectivity index (χ1) is 15.3. The van der Waals surface area contributed by atoms with Gasteiger partial charge in [-0.05, 0) is 50.1 Å². The summed E-state index contributed by atoms with van der Waals surface area (Å²) in [6.07, 6.45) is 1.28. The largest absolute Gasteiger partial charge is 0.342 e. The summed E-state index contributed by atoms with van der Waals surface area (Å²) in [7, 11) is 0. The van der Waals surface area contributed by atoms with Crippen LogP contribution in [0, 0.1) is 24.6 Å². The Labute approximate surface area is 191 Å². The first-order valence-corrected chi connectivity index (χ1v) is 11.1. The second kappa shape index (κ2) is 9.28. The Kier molecular flexibility index (Phi) is 6.46. The number of likely N-dealkylation sites (tertiary alicyclic amines) is 1. The fraction of sp³-hybridized carbons (Fsp3) is 0.375. The Hall–Kier alpha value is -2.93. The first-order valence-electron chi connectivity index (χ1n) is 10.7. The number of benzene rings is 2. The predicted octanol–water partition coefficient (Wildman–Crippen LogP) is 4.02. The molecule has 2 aliphatic rings. The quantitative estimate of drug-likeness (QED) is 0.754. The van der Waals surface area contributed by atoms with Crippen LogP contribution in [0.3, 0.4) is 0 Å². The van der Waals surface area contributed by atoms with Gasteiger partial charge in [0, 0.05) is 43.3 Å². The van der Waals surface area contributed by atoms with Gasteiger partial charge in [0.1, 0.15) is 5.82 Å². The molecular weight excluding hydrogens is 433 g/mol. The lowest BCUT2D eigenvalue weighted by molar-refractivity contribution is -0.138. The molecule has 0 saturated carbocycles. The van der Waals surface area contributed by atoms with Crippen molar-refractivity contribution in [3.63, 3.8) is 0 Å². The normalized spacial score (nSPS) is 19.3. The zero-order chi connectivity index (χ0) is 22.8. The van der Waals surface area contributed by atoms with Gasteiger partial charge in [0.25, 0.3) is 0 Å². The molecule has 2 fully saturated rings. The topological polar surface area (TPSA) is 69.7 Å². The molecule has 0 spiro atoms. The molecule has 4 rings (SSSR count). The van der Waals surface area contributed by atoms with Gasteiger partial charge < -0.3 is 15.1 Å². The average Bonchev–Trinajstić information content (AvgIpc) is 3.18. The van der Waals surface area contributed by atoms with Gasteiger partial charge in [-0.25, -0.2) is 4.39 Å². The van der Waals surface area contributed by atoms with E-state index in [0.717, 1.165) is 11.3 Å². The van der Waals surface area contributed by atoms with E-state index in [1.54, 1.807) is 9.80 Å². The number of halogens is 2. The van der Waals surface area contributed by atoms with Crippen LogP contribution in [0.15, 0.2) is 42.5 Å². The lowest BCUT2D eigenvalue weighted by atomic mass is 9.94. The second-order valence-electron chi connectivity index (χ2n) is 8.46. The number of carbonyl (C=O) groups excluding carboxylic acids is 3. The molecule has 2 saturated heterocycles. The molecule has 3 amide bonds. The van der Waals surface area contributed by atoms with E-state index in [1.165, 1.54) is 18.2 Å². The van der Waals surface area contributed by atoms with Crippen LogP contribution in [0.4, 0.5) is 15.8 Å². The van der Waals surface area contributed by atoms with Gasteiger partial charge in [0.2, 0.25) is 17.7 Å². The number of piperidine rings is 1. The molecule has 0 radical (unpaired) electrons. The Bertz CT molecular complexity index is 1040. The third kappa shape index (κ3) is 4.78. The standard InChI is InChI=1S/C24H25ClFN3O3/c1-15-2-5-19(6-3-15)29-14-17(12-22(29)30)24(32)28-10-8-16(9-11-28)23(31)27-18-4-7-21(26)20(25)13-18/h2-7,13,16-17H,8-12,14H2,1H3,(H,27,31). The van der Waals surface area contributed by atoms with Crippen LogP contribution >= 0.6 is 11.6 Å². The van der Waals surface area contributed by atoms with Crippen molar-refractivity contribution >= 4 is 40.7 Å². The Morgan fingerprint density at radius 3 is 2.41 bits per heavy atom. The summed E-state index contributed by atoms with van der Waals surface area (Å²) in [5.41, 5.74) is 2.37. The summed E-state index contributed by atoms with van der Waals surface area (Å²) in [6, 6.07) is 11.8. The van der Waals surface area contributed by atoms with E-state index < -0.39 is 5.82 Å². The summed E-state index contributed by atoms with van der Waals surface area (Å²) in [5, 5.41) is 2.72. The van der Waals surface area contributed by atoms with Crippen LogP contribution < -0.4 is 10.2 Å².